The van der Waals surface area contributed by atoms with Gasteiger partial charge in [-0.1, -0.05) is 42.5 Å². The van der Waals surface area contributed by atoms with Gasteiger partial charge in [-0.25, -0.2) is 4.39 Å². The number of carbonyl (C=O) groups excluding carboxylic acids is 2. The average Bonchev–Trinajstić information content (AvgIpc) is 3.41. The summed E-state index contributed by atoms with van der Waals surface area (Å²) in [6.45, 7) is 0. The van der Waals surface area contributed by atoms with Crippen LogP contribution in [0.5, 0.6) is 0 Å². The predicted octanol–water partition coefficient (Wildman–Crippen LogP) is 2.26. The number of halogens is 1. The highest BCUT2D eigenvalue weighted by molar-refractivity contribution is 7.80. The molecule has 1 saturated carbocycles. The molecule has 0 bridgehead atoms. The quantitative estimate of drug-likeness (QED) is 0.582. The molecule has 7 heteroatoms. The molecular weight excluding hydrogens is 341 g/mol. The van der Waals surface area contributed by atoms with E-state index in [0.29, 0.717) is 0 Å². The number of nitrogens with one attached hydrogen (secondary N) is 3. The van der Waals surface area contributed by atoms with Gasteiger partial charge in [-0.2, -0.15) is 0 Å². The van der Waals surface area contributed by atoms with Gasteiger partial charge in [0.25, 0.3) is 5.91 Å². The second-order valence-corrected chi connectivity index (χ2v) is 6.14. The summed E-state index contributed by atoms with van der Waals surface area (Å²) in [4.78, 5) is 24.0. The van der Waals surface area contributed by atoms with Gasteiger partial charge in [0.05, 0.1) is 5.56 Å². The van der Waals surface area contributed by atoms with Crippen LogP contribution < -0.4 is 16.2 Å². The fourth-order valence-corrected chi connectivity index (χ4v) is 2.76. The normalized spacial score (nSPS) is 18.1. The van der Waals surface area contributed by atoms with Gasteiger partial charge in [0.1, 0.15) is 5.82 Å². The smallest absolute Gasteiger partial charge is 0.260 e. The summed E-state index contributed by atoms with van der Waals surface area (Å²) < 4.78 is 13.5. The third-order valence-electron chi connectivity index (χ3n) is 4.00. The molecule has 1 fully saturated rings. The maximum absolute atomic E-state index is 13.5. The van der Waals surface area contributed by atoms with Gasteiger partial charge >= 0.3 is 0 Å². The van der Waals surface area contributed by atoms with Crippen LogP contribution in [0.25, 0.3) is 0 Å². The summed E-state index contributed by atoms with van der Waals surface area (Å²) in [5.41, 5.74) is 5.95. The second-order valence-electron chi connectivity index (χ2n) is 5.74. The minimum absolute atomic E-state index is 0.0986. The van der Waals surface area contributed by atoms with E-state index < -0.39 is 11.7 Å². The van der Waals surface area contributed by atoms with Crippen molar-refractivity contribution in [3.05, 3.63) is 71.5 Å². The van der Waals surface area contributed by atoms with Crippen LogP contribution in [0.1, 0.15) is 28.3 Å². The van der Waals surface area contributed by atoms with E-state index in [2.05, 4.69) is 16.2 Å². The first kappa shape index (κ1) is 17.0. The molecule has 3 N–H and O–H groups in total. The molecule has 25 heavy (non-hydrogen) atoms. The van der Waals surface area contributed by atoms with Crippen LogP contribution >= 0.6 is 12.2 Å². The lowest BCUT2D eigenvalue weighted by Gasteiger charge is -2.11. The number of carbonyl (C=O) groups is 2. The summed E-state index contributed by atoms with van der Waals surface area (Å²) >= 11 is 4.94. The zero-order valence-electron chi connectivity index (χ0n) is 13.2. The number of hydrogen-bond acceptors (Lipinski definition) is 3. The van der Waals surface area contributed by atoms with Crippen LogP contribution in [0.3, 0.4) is 0 Å². The first-order chi connectivity index (χ1) is 12.1. The minimum Gasteiger partial charge on any atom is -0.298 e. The maximum atomic E-state index is 13.5. The van der Waals surface area contributed by atoms with Crippen molar-refractivity contribution >= 4 is 29.1 Å². The van der Waals surface area contributed by atoms with E-state index in [4.69, 9.17) is 12.2 Å². The molecular formula is C18H16FN3O2S. The van der Waals surface area contributed by atoms with E-state index in [1.165, 1.54) is 18.2 Å². The highest BCUT2D eigenvalue weighted by Crippen LogP contribution is 2.47. The Morgan fingerprint density at radius 1 is 1.00 bits per heavy atom. The molecule has 0 saturated heterocycles. The molecule has 128 valence electrons. The summed E-state index contributed by atoms with van der Waals surface area (Å²) in [6.07, 6.45) is 0.770. The third-order valence-corrected chi connectivity index (χ3v) is 4.20. The fraction of sp³-hybridized carbons (Fsp3) is 0.167. The van der Waals surface area contributed by atoms with E-state index in [0.717, 1.165) is 12.0 Å². The van der Waals surface area contributed by atoms with Crippen LogP contribution in [0.2, 0.25) is 0 Å². The standard InChI is InChI=1S/C18H16FN3O2S/c19-15-9-5-4-8-12(15)16(23)20-18(25)22-21-17(24)14-10-13(14)11-6-2-1-3-7-11/h1-9,13-14H,10H2,(H,21,24)(H2,20,22,23,25)/t13-,14-/m1/s1. The highest BCUT2D eigenvalue weighted by atomic mass is 32.1. The minimum atomic E-state index is -0.682. The monoisotopic (exact) mass is 357 g/mol. The van der Waals surface area contributed by atoms with E-state index in [1.54, 1.807) is 6.07 Å². The number of hydrazine groups is 1. The molecule has 2 atom stereocenters. The van der Waals surface area contributed by atoms with Crippen molar-refractivity contribution in [3.8, 4) is 0 Å². The molecule has 2 aromatic carbocycles. The van der Waals surface area contributed by atoms with Gasteiger partial charge < -0.3 is 0 Å². The average molecular weight is 357 g/mol. The molecule has 0 aliphatic heterocycles. The van der Waals surface area contributed by atoms with Crippen LogP contribution in [0, 0.1) is 11.7 Å². The zero-order chi connectivity index (χ0) is 17.8. The largest absolute Gasteiger partial charge is 0.298 e. The lowest BCUT2D eigenvalue weighted by molar-refractivity contribution is -0.123. The molecule has 2 amide bonds. The van der Waals surface area contributed by atoms with Gasteiger partial charge in [0.15, 0.2) is 5.11 Å². The van der Waals surface area contributed by atoms with Crippen molar-refractivity contribution in [2.75, 3.05) is 0 Å². The molecule has 1 aliphatic carbocycles. The summed E-state index contributed by atoms with van der Waals surface area (Å²) in [5.74, 6) is -1.45. The van der Waals surface area contributed by atoms with E-state index in [1.807, 2.05) is 30.3 Å². The van der Waals surface area contributed by atoms with Gasteiger partial charge in [-0.3, -0.25) is 25.8 Å². The molecule has 0 radical (unpaired) electrons. The highest BCUT2D eigenvalue weighted by Gasteiger charge is 2.43. The van der Waals surface area contributed by atoms with Crippen LogP contribution in [0.4, 0.5) is 4.39 Å². The van der Waals surface area contributed by atoms with E-state index >= 15 is 0 Å². The Morgan fingerprint density at radius 3 is 2.40 bits per heavy atom. The van der Waals surface area contributed by atoms with Crippen molar-refractivity contribution in [2.45, 2.75) is 12.3 Å². The van der Waals surface area contributed by atoms with Gasteiger partial charge in [-0.15, -0.1) is 0 Å². The van der Waals surface area contributed by atoms with E-state index in [-0.39, 0.29) is 28.4 Å². The Balaban J connectivity index is 1.46. The number of hydrogen-bond donors (Lipinski definition) is 3. The van der Waals surface area contributed by atoms with Crippen molar-refractivity contribution in [1.82, 2.24) is 16.2 Å². The Kier molecular flexibility index (Phi) is 5.04. The zero-order valence-corrected chi connectivity index (χ0v) is 14.0. The van der Waals surface area contributed by atoms with Crippen molar-refractivity contribution in [1.29, 1.82) is 0 Å². The predicted molar refractivity (Wildman–Crippen MR) is 95.0 cm³/mol. The number of rotatable bonds is 3. The fourth-order valence-electron chi connectivity index (χ4n) is 2.61. The maximum Gasteiger partial charge on any atom is 0.260 e. The topological polar surface area (TPSA) is 70.2 Å². The van der Waals surface area contributed by atoms with Gasteiger partial charge in [0, 0.05) is 5.92 Å². The Bertz CT molecular complexity index is 813. The SMILES string of the molecule is O=C(NC(=S)NNC(=O)[C@@H]1C[C@@H]1c1ccccc1)c1ccccc1F. The second kappa shape index (κ2) is 7.40. The van der Waals surface area contributed by atoms with Crippen molar-refractivity contribution in [2.24, 2.45) is 5.92 Å². The number of benzene rings is 2. The van der Waals surface area contributed by atoms with E-state index in [9.17, 15) is 14.0 Å². The molecule has 0 unspecified atom stereocenters. The molecule has 0 spiro atoms. The van der Waals surface area contributed by atoms with Gasteiger partial charge in [0.2, 0.25) is 5.91 Å². The van der Waals surface area contributed by atoms with Crippen LogP contribution in [-0.4, -0.2) is 16.9 Å². The number of thiocarbonyl (C=S) groups is 1. The Labute approximate surface area is 149 Å². The lowest BCUT2D eigenvalue weighted by atomic mass is 10.1. The lowest BCUT2D eigenvalue weighted by Crippen LogP contribution is -2.49. The van der Waals surface area contributed by atoms with Crippen molar-refractivity contribution < 1.29 is 14.0 Å². The molecule has 0 heterocycles. The van der Waals surface area contributed by atoms with Gasteiger partial charge in [-0.05, 0) is 42.3 Å². The van der Waals surface area contributed by atoms with Crippen LogP contribution in [-0.2, 0) is 4.79 Å². The number of amides is 2. The first-order valence-electron chi connectivity index (χ1n) is 7.77. The molecule has 0 aromatic heterocycles. The summed E-state index contributed by atoms with van der Waals surface area (Å²) in [7, 11) is 0. The summed E-state index contributed by atoms with van der Waals surface area (Å²) in [5, 5.41) is 2.22. The van der Waals surface area contributed by atoms with Crippen molar-refractivity contribution in [3.63, 3.8) is 0 Å². The Morgan fingerprint density at radius 2 is 1.68 bits per heavy atom. The van der Waals surface area contributed by atoms with Crippen LogP contribution in [0.15, 0.2) is 54.6 Å². The molecule has 3 rings (SSSR count). The Hall–Kier alpha value is -2.80. The molecule has 2 aromatic rings. The first-order valence-corrected chi connectivity index (χ1v) is 8.17. The summed E-state index contributed by atoms with van der Waals surface area (Å²) in [6, 6.07) is 15.4. The molecule has 5 nitrogen and oxygen atoms in total. The molecule has 1 aliphatic rings. The third kappa shape index (κ3) is 4.19.